The van der Waals surface area contributed by atoms with Crippen molar-refractivity contribution < 1.29 is 0 Å². The van der Waals surface area contributed by atoms with Crippen LogP contribution in [-0.4, -0.2) is 28.9 Å². The molecule has 0 unspecified atom stereocenters. The van der Waals surface area contributed by atoms with Gasteiger partial charge in [-0.05, 0) is 31.6 Å². The van der Waals surface area contributed by atoms with Crippen LogP contribution in [0.5, 0.6) is 0 Å². The normalized spacial score (nSPS) is 18.1. The number of aryl methyl sites for hydroxylation is 1. The van der Waals surface area contributed by atoms with Gasteiger partial charge in [-0.3, -0.25) is 0 Å². The first-order valence-corrected chi connectivity index (χ1v) is 8.30. The van der Waals surface area contributed by atoms with Gasteiger partial charge in [0, 0.05) is 18.0 Å². The molecule has 1 aliphatic rings. The summed E-state index contributed by atoms with van der Waals surface area (Å²) in [5.74, 6) is 1.97. The molecule has 2 heterocycles. The van der Waals surface area contributed by atoms with Crippen molar-refractivity contribution in [2.45, 2.75) is 53.0 Å². The van der Waals surface area contributed by atoms with Crippen molar-refractivity contribution in [1.29, 1.82) is 0 Å². The lowest BCUT2D eigenvalue weighted by Gasteiger charge is -2.30. The molecule has 0 atom stereocenters. The zero-order valence-corrected chi connectivity index (χ0v) is 13.8. The van der Waals surface area contributed by atoms with Gasteiger partial charge in [0.2, 0.25) is 0 Å². The topological polar surface area (TPSA) is 54.5 Å². The summed E-state index contributed by atoms with van der Waals surface area (Å²) in [4.78, 5) is 12.7. The molecule has 0 aliphatic carbocycles. The lowest BCUT2D eigenvalue weighted by Crippen LogP contribution is -2.42. The van der Waals surface area contributed by atoms with Crippen LogP contribution in [0, 0.1) is 12.8 Å². The third-order valence-corrected chi connectivity index (χ3v) is 4.88. The second kappa shape index (κ2) is 6.57. The molecule has 20 heavy (non-hydrogen) atoms. The molecular weight excluding hydrogens is 268 g/mol. The highest BCUT2D eigenvalue weighted by Crippen LogP contribution is 2.24. The van der Waals surface area contributed by atoms with E-state index in [1.807, 2.05) is 0 Å². The molecule has 0 bridgehead atoms. The standard InChI is InChI=1S/C15H26N4S/c1-10(2)14-12(4)20-13(18-14)9-17-15(16)19-7-5-11(3)6-8-19/h10-11H,5-9H2,1-4H3,(H2,16,17). The van der Waals surface area contributed by atoms with Gasteiger partial charge in [-0.15, -0.1) is 11.3 Å². The molecule has 0 spiro atoms. The number of aromatic nitrogens is 1. The summed E-state index contributed by atoms with van der Waals surface area (Å²) < 4.78 is 0. The Balaban J connectivity index is 1.96. The first-order chi connectivity index (χ1) is 9.47. The van der Waals surface area contributed by atoms with E-state index in [2.05, 4.69) is 42.6 Å². The van der Waals surface area contributed by atoms with E-state index in [1.54, 1.807) is 11.3 Å². The molecule has 1 aromatic rings. The molecule has 0 saturated carbocycles. The number of guanidine groups is 1. The maximum atomic E-state index is 6.10. The van der Waals surface area contributed by atoms with Crippen LogP contribution in [0.15, 0.2) is 4.99 Å². The SMILES string of the molecule is Cc1sc(CN=C(N)N2CCC(C)CC2)nc1C(C)C. The zero-order chi connectivity index (χ0) is 14.7. The van der Waals surface area contributed by atoms with Crippen molar-refractivity contribution in [2.75, 3.05) is 13.1 Å². The second-order valence-electron chi connectivity index (χ2n) is 6.05. The fourth-order valence-corrected chi connectivity index (χ4v) is 3.57. The highest BCUT2D eigenvalue weighted by Gasteiger charge is 2.17. The lowest BCUT2D eigenvalue weighted by atomic mass is 10.00. The third-order valence-electron chi connectivity index (χ3n) is 3.91. The average molecular weight is 294 g/mol. The maximum absolute atomic E-state index is 6.10. The summed E-state index contributed by atoms with van der Waals surface area (Å²) in [6, 6.07) is 0. The molecule has 0 amide bonds. The van der Waals surface area contributed by atoms with Gasteiger partial charge in [-0.1, -0.05) is 20.8 Å². The molecule has 2 rings (SSSR count). The predicted molar refractivity (Wildman–Crippen MR) is 86.2 cm³/mol. The monoisotopic (exact) mass is 294 g/mol. The summed E-state index contributed by atoms with van der Waals surface area (Å²) in [5, 5.41) is 1.07. The van der Waals surface area contributed by atoms with E-state index in [0.717, 1.165) is 24.0 Å². The van der Waals surface area contributed by atoms with E-state index < -0.39 is 0 Å². The molecular formula is C15H26N4S. The third kappa shape index (κ3) is 3.72. The first kappa shape index (κ1) is 15.3. The Morgan fingerprint density at radius 3 is 2.65 bits per heavy atom. The van der Waals surface area contributed by atoms with Crippen LogP contribution in [0.3, 0.4) is 0 Å². The number of aliphatic imine (C=N–C) groups is 1. The van der Waals surface area contributed by atoms with Crippen molar-refractivity contribution in [3.05, 3.63) is 15.6 Å². The Hall–Kier alpha value is -1.10. The van der Waals surface area contributed by atoms with Crippen molar-refractivity contribution >= 4 is 17.3 Å². The average Bonchev–Trinajstić information content (AvgIpc) is 2.78. The van der Waals surface area contributed by atoms with Gasteiger partial charge in [-0.25, -0.2) is 9.98 Å². The van der Waals surface area contributed by atoms with Crippen LogP contribution < -0.4 is 5.73 Å². The number of piperidine rings is 1. The second-order valence-corrected chi connectivity index (χ2v) is 7.34. The summed E-state index contributed by atoms with van der Waals surface area (Å²) in [6.45, 7) is 11.5. The molecule has 1 saturated heterocycles. The van der Waals surface area contributed by atoms with Gasteiger partial charge in [0.05, 0.1) is 12.2 Å². The number of nitrogens with zero attached hydrogens (tertiary/aromatic N) is 3. The summed E-state index contributed by atoms with van der Waals surface area (Å²) in [6.07, 6.45) is 2.42. The molecule has 0 aromatic carbocycles. The van der Waals surface area contributed by atoms with E-state index in [4.69, 9.17) is 5.73 Å². The lowest BCUT2D eigenvalue weighted by molar-refractivity contribution is 0.277. The summed E-state index contributed by atoms with van der Waals surface area (Å²) >= 11 is 1.74. The van der Waals surface area contributed by atoms with E-state index in [1.165, 1.54) is 23.4 Å². The molecule has 2 N–H and O–H groups in total. The number of thiazole rings is 1. The van der Waals surface area contributed by atoms with Crippen LogP contribution in [0.2, 0.25) is 0 Å². The highest BCUT2D eigenvalue weighted by molar-refractivity contribution is 7.11. The smallest absolute Gasteiger partial charge is 0.191 e. The van der Waals surface area contributed by atoms with Crippen molar-refractivity contribution in [3.8, 4) is 0 Å². The summed E-state index contributed by atoms with van der Waals surface area (Å²) in [7, 11) is 0. The van der Waals surface area contributed by atoms with Gasteiger partial charge in [-0.2, -0.15) is 0 Å². The number of hydrogen-bond donors (Lipinski definition) is 1. The largest absolute Gasteiger partial charge is 0.370 e. The Kier molecular flexibility index (Phi) is 5.02. The van der Waals surface area contributed by atoms with Gasteiger partial charge < -0.3 is 10.6 Å². The van der Waals surface area contributed by atoms with Crippen molar-refractivity contribution in [2.24, 2.45) is 16.6 Å². The summed E-state index contributed by atoms with van der Waals surface area (Å²) in [5.41, 5.74) is 7.30. The van der Waals surface area contributed by atoms with Gasteiger partial charge in [0.25, 0.3) is 0 Å². The van der Waals surface area contributed by atoms with E-state index in [9.17, 15) is 0 Å². The number of likely N-dealkylation sites (tertiary alicyclic amines) is 1. The van der Waals surface area contributed by atoms with Gasteiger partial charge >= 0.3 is 0 Å². The first-order valence-electron chi connectivity index (χ1n) is 7.48. The number of rotatable bonds is 3. The molecule has 4 nitrogen and oxygen atoms in total. The van der Waals surface area contributed by atoms with Crippen LogP contribution in [0.1, 0.15) is 55.1 Å². The minimum Gasteiger partial charge on any atom is -0.370 e. The van der Waals surface area contributed by atoms with Gasteiger partial charge in [0.1, 0.15) is 5.01 Å². The fourth-order valence-electron chi connectivity index (χ4n) is 2.55. The molecule has 5 heteroatoms. The Morgan fingerprint density at radius 1 is 1.45 bits per heavy atom. The number of nitrogens with two attached hydrogens (primary N) is 1. The minimum absolute atomic E-state index is 0.477. The molecule has 1 aliphatic heterocycles. The molecule has 1 aromatic heterocycles. The minimum atomic E-state index is 0.477. The Labute approximate surface area is 126 Å². The van der Waals surface area contributed by atoms with E-state index in [0.29, 0.717) is 18.4 Å². The predicted octanol–water partition coefficient (Wildman–Crippen LogP) is 3.12. The Bertz CT molecular complexity index is 470. The van der Waals surface area contributed by atoms with Crippen LogP contribution in [-0.2, 0) is 6.54 Å². The molecule has 0 radical (unpaired) electrons. The van der Waals surface area contributed by atoms with E-state index in [-0.39, 0.29) is 0 Å². The maximum Gasteiger partial charge on any atom is 0.191 e. The van der Waals surface area contributed by atoms with Gasteiger partial charge in [0.15, 0.2) is 5.96 Å². The van der Waals surface area contributed by atoms with Crippen molar-refractivity contribution in [3.63, 3.8) is 0 Å². The highest BCUT2D eigenvalue weighted by atomic mass is 32.1. The van der Waals surface area contributed by atoms with Crippen molar-refractivity contribution in [1.82, 2.24) is 9.88 Å². The molecule has 1 fully saturated rings. The quantitative estimate of drug-likeness (QED) is 0.688. The fraction of sp³-hybridized carbons (Fsp3) is 0.733. The zero-order valence-electron chi connectivity index (χ0n) is 13.0. The van der Waals surface area contributed by atoms with Crippen LogP contribution in [0.25, 0.3) is 0 Å². The van der Waals surface area contributed by atoms with Crippen LogP contribution in [0.4, 0.5) is 0 Å². The van der Waals surface area contributed by atoms with E-state index >= 15 is 0 Å². The van der Waals surface area contributed by atoms with Crippen LogP contribution >= 0.6 is 11.3 Å². The molecule has 112 valence electrons. The number of hydrogen-bond acceptors (Lipinski definition) is 3. The Morgan fingerprint density at radius 2 is 2.10 bits per heavy atom.